The van der Waals surface area contributed by atoms with E-state index in [1.807, 2.05) is 12.1 Å². The average molecular weight is 292 g/mol. The molecule has 0 atom stereocenters. The van der Waals surface area contributed by atoms with Crippen molar-refractivity contribution in [3.63, 3.8) is 0 Å². The lowest BCUT2D eigenvalue weighted by atomic mass is 9.95. The molecular weight excluding hydrogens is 279 g/mol. The Kier molecular flexibility index (Phi) is 3.62. The summed E-state index contributed by atoms with van der Waals surface area (Å²) >= 11 is 0. The number of aromatic nitrogens is 2. The second-order valence-corrected chi connectivity index (χ2v) is 5.24. The number of nitrogens with zero attached hydrogens (tertiary/aromatic N) is 3. The van der Waals surface area contributed by atoms with Crippen molar-refractivity contribution in [1.82, 2.24) is 15.1 Å². The molecule has 0 bridgehead atoms. The van der Waals surface area contributed by atoms with Gasteiger partial charge >= 0.3 is 0 Å². The van der Waals surface area contributed by atoms with Gasteiger partial charge in [0.2, 0.25) is 5.91 Å². The summed E-state index contributed by atoms with van der Waals surface area (Å²) in [6.45, 7) is 0.686. The fourth-order valence-electron chi connectivity index (χ4n) is 2.24. The molecule has 0 unspecified atom stereocenters. The summed E-state index contributed by atoms with van der Waals surface area (Å²) in [4.78, 5) is 24.6. The van der Waals surface area contributed by atoms with E-state index in [1.165, 1.54) is 4.90 Å². The van der Waals surface area contributed by atoms with Gasteiger partial charge in [0.15, 0.2) is 5.69 Å². The van der Waals surface area contributed by atoms with Gasteiger partial charge in [-0.3, -0.25) is 9.59 Å². The summed E-state index contributed by atoms with van der Waals surface area (Å²) in [7, 11) is 5.64. The van der Waals surface area contributed by atoms with Crippen molar-refractivity contribution in [2.45, 2.75) is 0 Å². The van der Waals surface area contributed by atoms with Crippen LogP contribution >= 0.6 is 0 Å². The number of benzene rings is 1. The van der Waals surface area contributed by atoms with E-state index in [0.717, 1.165) is 5.56 Å². The summed E-state index contributed by atoms with van der Waals surface area (Å²) in [5, 5.41) is 8.03. The Morgan fingerprint density at radius 2 is 1.77 bits per heavy atom. The van der Waals surface area contributed by atoms with Gasteiger partial charge in [0.1, 0.15) is 7.85 Å². The zero-order valence-corrected chi connectivity index (χ0v) is 11.8. The van der Waals surface area contributed by atoms with Gasteiger partial charge in [0.25, 0.3) is 5.91 Å². The number of rotatable bonds is 3. The minimum Gasteiger partial charge on any atom is -0.369 e. The number of amides is 2. The lowest BCUT2D eigenvalue weighted by Crippen LogP contribution is -2.54. The quantitative estimate of drug-likeness (QED) is 0.772. The van der Waals surface area contributed by atoms with Gasteiger partial charge in [-0.1, -0.05) is 29.7 Å². The third-order valence-electron chi connectivity index (χ3n) is 3.66. The zero-order chi connectivity index (χ0) is 15.7. The molecule has 1 aliphatic rings. The maximum absolute atomic E-state index is 12.1. The highest BCUT2D eigenvalue weighted by molar-refractivity contribution is 6.32. The zero-order valence-electron chi connectivity index (χ0n) is 11.8. The lowest BCUT2D eigenvalue weighted by molar-refractivity contribution is -0.125. The number of carbonyl (C=O) groups excluding carboxylic acids is 2. The molecule has 2 aromatic rings. The molecule has 1 saturated heterocycles. The fraction of sp³-hybridized carbons (Fsp3) is 0.200. The maximum Gasteiger partial charge on any atom is 0.274 e. The van der Waals surface area contributed by atoms with Crippen LogP contribution < -0.4 is 11.2 Å². The van der Waals surface area contributed by atoms with Crippen LogP contribution in [-0.4, -0.2) is 47.8 Å². The molecule has 1 aliphatic heterocycles. The predicted octanol–water partition coefficient (Wildman–Crippen LogP) is -0.505. The number of carbonyl (C=O) groups is 2. The molecule has 6 nitrogen and oxygen atoms in total. The van der Waals surface area contributed by atoms with Crippen molar-refractivity contribution in [2.75, 3.05) is 13.1 Å². The standard InChI is InChI=1S/C15H13BN4O2/c16-11-3-1-9(2-4-11)12-5-6-13(19-18-12)15(22)20-7-10(8-20)14(17)21/h1-6,10H,7-8H2,(H2,17,21). The van der Waals surface area contributed by atoms with Gasteiger partial charge in [0.05, 0.1) is 11.6 Å². The van der Waals surface area contributed by atoms with Crippen molar-refractivity contribution >= 4 is 25.1 Å². The van der Waals surface area contributed by atoms with Crippen LogP contribution in [0, 0.1) is 5.92 Å². The second-order valence-electron chi connectivity index (χ2n) is 5.24. The molecule has 1 fully saturated rings. The van der Waals surface area contributed by atoms with Gasteiger partial charge < -0.3 is 10.6 Å². The van der Waals surface area contributed by atoms with Crippen LogP contribution in [0.4, 0.5) is 0 Å². The van der Waals surface area contributed by atoms with Crippen LogP contribution in [0.25, 0.3) is 11.3 Å². The van der Waals surface area contributed by atoms with Gasteiger partial charge in [-0.2, -0.15) is 0 Å². The van der Waals surface area contributed by atoms with Crippen LogP contribution in [-0.2, 0) is 4.79 Å². The minimum absolute atomic E-state index is 0.242. The van der Waals surface area contributed by atoms with Crippen molar-refractivity contribution < 1.29 is 9.59 Å². The molecule has 0 aliphatic carbocycles. The smallest absolute Gasteiger partial charge is 0.274 e. The minimum atomic E-state index is -0.381. The first-order valence-electron chi connectivity index (χ1n) is 6.83. The van der Waals surface area contributed by atoms with E-state index in [9.17, 15) is 9.59 Å². The topological polar surface area (TPSA) is 89.2 Å². The number of hydrogen-bond donors (Lipinski definition) is 1. The third-order valence-corrected chi connectivity index (χ3v) is 3.66. The van der Waals surface area contributed by atoms with Crippen LogP contribution in [0.2, 0.25) is 0 Å². The van der Waals surface area contributed by atoms with Crippen LogP contribution in [0.1, 0.15) is 10.5 Å². The largest absolute Gasteiger partial charge is 0.369 e. The molecule has 2 amide bonds. The summed E-state index contributed by atoms with van der Waals surface area (Å²) in [5.41, 5.74) is 7.64. The first-order chi connectivity index (χ1) is 10.5. The SMILES string of the molecule is [B]c1ccc(-c2ccc(C(=O)N3CC(C(N)=O)C3)nn2)cc1. The van der Waals surface area contributed by atoms with E-state index in [0.29, 0.717) is 24.2 Å². The molecule has 22 heavy (non-hydrogen) atoms. The molecule has 2 N–H and O–H groups in total. The molecule has 3 rings (SSSR count). The first-order valence-corrected chi connectivity index (χ1v) is 6.83. The van der Waals surface area contributed by atoms with Gasteiger partial charge in [0, 0.05) is 18.7 Å². The Balaban J connectivity index is 1.70. The van der Waals surface area contributed by atoms with Crippen molar-refractivity contribution in [1.29, 1.82) is 0 Å². The van der Waals surface area contributed by atoms with E-state index in [2.05, 4.69) is 10.2 Å². The summed E-state index contributed by atoms with van der Waals surface area (Å²) in [5.74, 6) is -0.881. The van der Waals surface area contributed by atoms with Crippen LogP contribution in [0.3, 0.4) is 0 Å². The van der Waals surface area contributed by atoms with E-state index in [-0.39, 0.29) is 23.4 Å². The molecular formula is C15H13BN4O2. The monoisotopic (exact) mass is 292 g/mol. The molecule has 108 valence electrons. The lowest BCUT2D eigenvalue weighted by Gasteiger charge is -2.36. The first kappa shape index (κ1) is 14.3. The molecule has 7 heteroatoms. The van der Waals surface area contributed by atoms with Crippen molar-refractivity contribution in [3.8, 4) is 11.3 Å². The van der Waals surface area contributed by atoms with Crippen LogP contribution in [0.5, 0.6) is 0 Å². The molecule has 2 radical (unpaired) electrons. The van der Waals surface area contributed by atoms with Crippen molar-refractivity contribution in [2.24, 2.45) is 11.7 Å². The molecule has 0 spiro atoms. The highest BCUT2D eigenvalue weighted by Gasteiger charge is 2.35. The van der Waals surface area contributed by atoms with Crippen molar-refractivity contribution in [3.05, 3.63) is 42.1 Å². The molecule has 0 saturated carbocycles. The Morgan fingerprint density at radius 3 is 2.32 bits per heavy atom. The third kappa shape index (κ3) is 2.70. The number of hydrogen-bond acceptors (Lipinski definition) is 4. The average Bonchev–Trinajstić information content (AvgIpc) is 2.46. The fourth-order valence-corrected chi connectivity index (χ4v) is 2.24. The Hall–Kier alpha value is -2.70. The Bertz CT molecular complexity index is 709. The van der Waals surface area contributed by atoms with E-state index in [1.54, 1.807) is 24.3 Å². The van der Waals surface area contributed by atoms with E-state index < -0.39 is 0 Å². The molecule has 1 aromatic heterocycles. The molecule has 1 aromatic carbocycles. The van der Waals surface area contributed by atoms with E-state index in [4.69, 9.17) is 13.6 Å². The molecule has 2 heterocycles. The number of likely N-dealkylation sites (tertiary alicyclic amines) is 1. The predicted molar refractivity (Wildman–Crippen MR) is 81.4 cm³/mol. The summed E-state index contributed by atoms with van der Waals surface area (Å²) < 4.78 is 0. The van der Waals surface area contributed by atoms with Gasteiger partial charge in [-0.15, -0.1) is 10.2 Å². The van der Waals surface area contributed by atoms with E-state index >= 15 is 0 Å². The maximum atomic E-state index is 12.1. The Morgan fingerprint density at radius 1 is 1.09 bits per heavy atom. The Labute approximate surface area is 128 Å². The van der Waals surface area contributed by atoms with Gasteiger partial charge in [-0.05, 0) is 12.1 Å². The second kappa shape index (κ2) is 5.59. The highest BCUT2D eigenvalue weighted by Crippen LogP contribution is 2.19. The summed E-state index contributed by atoms with van der Waals surface area (Å²) in [6, 6.07) is 10.6. The number of primary amides is 1. The normalized spacial score (nSPS) is 14.5. The number of nitrogens with two attached hydrogens (primary N) is 1. The highest BCUT2D eigenvalue weighted by atomic mass is 16.2. The van der Waals surface area contributed by atoms with Crippen LogP contribution in [0.15, 0.2) is 36.4 Å². The summed E-state index contributed by atoms with van der Waals surface area (Å²) in [6.07, 6.45) is 0. The van der Waals surface area contributed by atoms with Gasteiger partial charge in [-0.25, -0.2) is 0 Å².